The molecule has 0 radical (unpaired) electrons. The van der Waals surface area contributed by atoms with Crippen molar-refractivity contribution >= 4 is 5.91 Å². The summed E-state index contributed by atoms with van der Waals surface area (Å²) in [6.45, 7) is 2.48. The van der Waals surface area contributed by atoms with E-state index in [0.717, 1.165) is 36.9 Å². The minimum absolute atomic E-state index is 0.203. The Morgan fingerprint density at radius 1 is 1.41 bits per heavy atom. The highest BCUT2D eigenvalue weighted by Crippen LogP contribution is 2.28. The smallest absolute Gasteiger partial charge is 0.273 e. The number of hydrogen-bond acceptors (Lipinski definition) is 4. The van der Waals surface area contributed by atoms with Crippen molar-refractivity contribution in [2.75, 3.05) is 6.54 Å². The number of nitrogens with zero attached hydrogens (tertiary/aromatic N) is 3. The van der Waals surface area contributed by atoms with Crippen LogP contribution in [0.5, 0.6) is 0 Å². The largest absolute Gasteiger partial charge is 0.344 e. The summed E-state index contributed by atoms with van der Waals surface area (Å²) in [6, 6.07) is 7.89. The molecule has 0 aliphatic heterocycles. The van der Waals surface area contributed by atoms with Crippen molar-refractivity contribution in [3.63, 3.8) is 0 Å². The fraction of sp³-hybridized carbons (Fsp3) is 0.438. The third-order valence-corrected chi connectivity index (χ3v) is 4.32. The van der Waals surface area contributed by atoms with Crippen molar-refractivity contribution in [1.82, 2.24) is 20.3 Å². The van der Waals surface area contributed by atoms with Gasteiger partial charge in [0.2, 0.25) is 0 Å². The Bertz CT molecular complexity index is 673. The number of carbonyl (C=O) groups is 1. The number of aryl methyl sites for hydroxylation is 1. The quantitative estimate of drug-likeness (QED) is 0.897. The number of aromatic nitrogens is 3. The van der Waals surface area contributed by atoms with Crippen molar-refractivity contribution in [1.29, 1.82) is 0 Å². The van der Waals surface area contributed by atoms with E-state index in [-0.39, 0.29) is 11.4 Å². The lowest BCUT2D eigenvalue weighted by molar-refractivity contribution is 0.0898. The summed E-state index contributed by atoms with van der Waals surface area (Å²) in [5.74, 6) is -0.203. The molecule has 0 saturated heterocycles. The van der Waals surface area contributed by atoms with Crippen LogP contribution in [0.2, 0.25) is 0 Å². The predicted molar refractivity (Wildman–Crippen MR) is 83.8 cm³/mol. The molecule has 1 saturated carbocycles. The van der Waals surface area contributed by atoms with E-state index in [4.69, 9.17) is 5.73 Å². The Morgan fingerprint density at radius 3 is 2.86 bits per heavy atom. The molecule has 1 aliphatic rings. The van der Waals surface area contributed by atoms with E-state index in [1.165, 1.54) is 0 Å². The molecular weight excluding hydrogens is 278 g/mol. The van der Waals surface area contributed by atoms with E-state index in [9.17, 15) is 4.79 Å². The maximum Gasteiger partial charge on any atom is 0.273 e. The maximum atomic E-state index is 12.4. The molecule has 1 aromatic carbocycles. The minimum Gasteiger partial charge on any atom is -0.344 e. The minimum atomic E-state index is -0.274. The molecule has 3 rings (SSSR count). The topological polar surface area (TPSA) is 85.8 Å². The van der Waals surface area contributed by atoms with Gasteiger partial charge in [-0.3, -0.25) is 4.79 Å². The van der Waals surface area contributed by atoms with Crippen LogP contribution in [0.25, 0.3) is 5.69 Å². The first-order valence-electron chi connectivity index (χ1n) is 7.64. The lowest BCUT2D eigenvalue weighted by atomic mass is 9.98. The van der Waals surface area contributed by atoms with Gasteiger partial charge in [0.1, 0.15) is 0 Å². The third-order valence-electron chi connectivity index (χ3n) is 4.32. The zero-order valence-corrected chi connectivity index (χ0v) is 12.7. The molecule has 0 spiro atoms. The predicted octanol–water partition coefficient (Wildman–Crippen LogP) is 1.58. The van der Waals surface area contributed by atoms with Gasteiger partial charge in [-0.15, -0.1) is 5.10 Å². The van der Waals surface area contributed by atoms with Gasteiger partial charge in [0.25, 0.3) is 5.91 Å². The standard InChI is InChI=1S/C16H21N5O/c1-12-5-4-6-13(9-12)21-10-14(19-20-21)15(22)18-16(11-17)7-2-3-8-16/h4-6,9-10H,2-3,7-8,11,17H2,1H3,(H,18,22). The zero-order valence-electron chi connectivity index (χ0n) is 12.7. The van der Waals surface area contributed by atoms with Crippen molar-refractivity contribution in [2.45, 2.75) is 38.1 Å². The van der Waals surface area contributed by atoms with Crippen LogP contribution >= 0.6 is 0 Å². The van der Waals surface area contributed by atoms with Gasteiger partial charge in [-0.25, -0.2) is 4.68 Å². The Labute approximate surface area is 129 Å². The van der Waals surface area contributed by atoms with Crippen LogP contribution in [-0.4, -0.2) is 33.0 Å². The summed E-state index contributed by atoms with van der Waals surface area (Å²) in [7, 11) is 0. The molecule has 0 atom stereocenters. The van der Waals surface area contributed by atoms with Gasteiger partial charge >= 0.3 is 0 Å². The van der Waals surface area contributed by atoms with Crippen LogP contribution in [0.3, 0.4) is 0 Å². The molecule has 22 heavy (non-hydrogen) atoms. The van der Waals surface area contributed by atoms with Gasteiger partial charge in [-0.05, 0) is 37.5 Å². The molecule has 6 heteroatoms. The normalized spacial score (nSPS) is 16.6. The van der Waals surface area contributed by atoms with Gasteiger partial charge in [0, 0.05) is 6.54 Å². The molecule has 1 aromatic heterocycles. The highest BCUT2D eigenvalue weighted by molar-refractivity contribution is 5.92. The number of nitrogens with two attached hydrogens (primary N) is 1. The summed E-state index contributed by atoms with van der Waals surface area (Å²) in [5.41, 5.74) is 7.92. The van der Waals surface area contributed by atoms with Gasteiger partial charge < -0.3 is 11.1 Å². The van der Waals surface area contributed by atoms with Gasteiger partial charge in [-0.1, -0.05) is 30.2 Å². The summed E-state index contributed by atoms with van der Waals surface area (Å²) in [5, 5.41) is 11.1. The first-order chi connectivity index (χ1) is 10.6. The number of benzene rings is 1. The number of hydrogen-bond donors (Lipinski definition) is 2. The SMILES string of the molecule is Cc1cccc(-n2cc(C(=O)NC3(CN)CCCC3)nn2)c1. The van der Waals surface area contributed by atoms with Gasteiger partial charge in [0.05, 0.1) is 17.4 Å². The fourth-order valence-corrected chi connectivity index (χ4v) is 3.00. The molecule has 2 aromatic rings. The maximum absolute atomic E-state index is 12.4. The fourth-order valence-electron chi connectivity index (χ4n) is 3.00. The molecule has 6 nitrogen and oxygen atoms in total. The third kappa shape index (κ3) is 2.87. The van der Waals surface area contributed by atoms with E-state index in [1.54, 1.807) is 10.9 Å². The average Bonchev–Trinajstić information content (AvgIpc) is 3.17. The van der Waals surface area contributed by atoms with Crippen molar-refractivity contribution in [3.8, 4) is 5.69 Å². The van der Waals surface area contributed by atoms with E-state index >= 15 is 0 Å². The van der Waals surface area contributed by atoms with E-state index < -0.39 is 0 Å². The molecule has 1 fully saturated rings. The zero-order chi connectivity index (χ0) is 15.6. The molecule has 1 aliphatic carbocycles. The lowest BCUT2D eigenvalue weighted by Crippen LogP contribution is -2.51. The van der Waals surface area contributed by atoms with Crippen LogP contribution < -0.4 is 11.1 Å². The second-order valence-electron chi connectivity index (χ2n) is 6.03. The molecule has 1 amide bonds. The lowest BCUT2D eigenvalue weighted by Gasteiger charge is -2.28. The second kappa shape index (κ2) is 5.88. The highest BCUT2D eigenvalue weighted by atomic mass is 16.2. The number of carbonyl (C=O) groups excluding carboxylic acids is 1. The Kier molecular flexibility index (Phi) is 3.94. The molecule has 116 valence electrons. The van der Waals surface area contributed by atoms with E-state index in [1.807, 2.05) is 31.2 Å². The van der Waals surface area contributed by atoms with Crippen LogP contribution in [0, 0.1) is 6.92 Å². The van der Waals surface area contributed by atoms with Crippen LogP contribution in [0.1, 0.15) is 41.7 Å². The van der Waals surface area contributed by atoms with E-state index in [2.05, 4.69) is 15.6 Å². The number of rotatable bonds is 4. The van der Waals surface area contributed by atoms with Crippen molar-refractivity contribution < 1.29 is 4.79 Å². The number of nitrogens with one attached hydrogen (secondary N) is 1. The second-order valence-corrected chi connectivity index (χ2v) is 6.03. The van der Waals surface area contributed by atoms with Crippen LogP contribution in [0.4, 0.5) is 0 Å². The molecule has 0 unspecified atom stereocenters. The number of amides is 1. The molecular formula is C16H21N5O. The first-order valence-corrected chi connectivity index (χ1v) is 7.64. The monoisotopic (exact) mass is 299 g/mol. The first kappa shape index (κ1) is 14.7. The average molecular weight is 299 g/mol. The summed E-state index contributed by atoms with van der Waals surface area (Å²) < 4.78 is 1.62. The van der Waals surface area contributed by atoms with Crippen LogP contribution in [0.15, 0.2) is 30.5 Å². The van der Waals surface area contributed by atoms with Crippen molar-refractivity contribution in [3.05, 3.63) is 41.7 Å². The Hall–Kier alpha value is -2.21. The van der Waals surface area contributed by atoms with Crippen molar-refractivity contribution in [2.24, 2.45) is 5.73 Å². The highest BCUT2D eigenvalue weighted by Gasteiger charge is 2.34. The molecule has 1 heterocycles. The Morgan fingerprint density at radius 2 is 2.18 bits per heavy atom. The summed E-state index contributed by atoms with van der Waals surface area (Å²) in [6.07, 6.45) is 5.73. The van der Waals surface area contributed by atoms with E-state index in [0.29, 0.717) is 12.2 Å². The van der Waals surface area contributed by atoms with Gasteiger partial charge in [-0.2, -0.15) is 0 Å². The summed E-state index contributed by atoms with van der Waals surface area (Å²) in [4.78, 5) is 12.4. The molecule has 0 bridgehead atoms. The summed E-state index contributed by atoms with van der Waals surface area (Å²) >= 11 is 0. The van der Waals surface area contributed by atoms with Gasteiger partial charge in [0.15, 0.2) is 5.69 Å². The molecule has 3 N–H and O–H groups in total. The Balaban J connectivity index is 1.77. The van der Waals surface area contributed by atoms with Crippen LogP contribution in [-0.2, 0) is 0 Å².